The van der Waals surface area contributed by atoms with Crippen molar-refractivity contribution in [2.75, 3.05) is 43.4 Å². The van der Waals surface area contributed by atoms with Gasteiger partial charge in [0.2, 0.25) is 5.95 Å². The molecule has 24 heavy (non-hydrogen) atoms. The van der Waals surface area contributed by atoms with Crippen molar-refractivity contribution in [3.05, 3.63) is 24.7 Å². The van der Waals surface area contributed by atoms with Crippen LogP contribution < -0.4 is 10.2 Å². The van der Waals surface area contributed by atoms with Crippen LogP contribution in [-0.2, 0) is 0 Å². The monoisotopic (exact) mass is 348 g/mol. The Morgan fingerprint density at radius 3 is 2.92 bits per heavy atom. The van der Waals surface area contributed by atoms with Gasteiger partial charge in [-0.05, 0) is 12.5 Å². The van der Waals surface area contributed by atoms with Crippen LogP contribution in [0.25, 0.3) is 0 Å². The zero-order valence-corrected chi connectivity index (χ0v) is 14.1. The Morgan fingerprint density at radius 2 is 2.12 bits per heavy atom. The molecule has 2 aromatic heterocycles. The number of rotatable bonds is 5. The van der Waals surface area contributed by atoms with E-state index in [2.05, 4.69) is 35.6 Å². The van der Waals surface area contributed by atoms with Crippen molar-refractivity contribution in [1.82, 2.24) is 35.6 Å². The van der Waals surface area contributed by atoms with Crippen LogP contribution in [0.3, 0.4) is 0 Å². The lowest BCUT2D eigenvalue weighted by Crippen LogP contribution is -2.42. The predicted octanol–water partition coefficient (Wildman–Crippen LogP) is 0.609. The Balaban J connectivity index is 1.41. The quantitative estimate of drug-likeness (QED) is 0.603. The van der Waals surface area contributed by atoms with Gasteiger partial charge in [-0.25, -0.2) is 14.8 Å². The minimum absolute atomic E-state index is 0.0217. The fourth-order valence-corrected chi connectivity index (χ4v) is 3.11. The molecule has 0 radical (unpaired) electrons. The van der Waals surface area contributed by atoms with E-state index < -0.39 is 0 Å². The number of urea groups is 1. The second-order valence-electron chi connectivity index (χ2n) is 5.27. The average Bonchev–Trinajstić information content (AvgIpc) is 3.01. The summed E-state index contributed by atoms with van der Waals surface area (Å²) in [5.41, 5.74) is 0. The first kappa shape index (κ1) is 16.5. The molecule has 0 aliphatic carbocycles. The lowest BCUT2D eigenvalue weighted by atomic mass is 10.4. The number of aromatic amines is 1. The molecule has 0 atom stereocenters. The molecule has 1 aliphatic rings. The normalized spacial score (nSPS) is 15.2. The Morgan fingerprint density at radius 1 is 1.25 bits per heavy atom. The molecule has 9 nitrogen and oxygen atoms in total. The summed E-state index contributed by atoms with van der Waals surface area (Å²) in [6.07, 6.45) is 6.05. The molecule has 1 aliphatic heterocycles. The minimum atomic E-state index is -0.0217. The topological polar surface area (TPSA) is 103 Å². The van der Waals surface area contributed by atoms with Gasteiger partial charge in [0.25, 0.3) is 0 Å². The van der Waals surface area contributed by atoms with Crippen LogP contribution in [0.5, 0.6) is 0 Å². The SMILES string of the molecule is O=C(NCCSc1cn[nH]n1)N1CCCN(c2ncccn2)CC1. The smallest absolute Gasteiger partial charge is 0.317 e. The van der Waals surface area contributed by atoms with Gasteiger partial charge in [-0.3, -0.25) is 0 Å². The van der Waals surface area contributed by atoms with Crippen molar-refractivity contribution in [2.45, 2.75) is 11.4 Å². The van der Waals surface area contributed by atoms with E-state index in [1.165, 1.54) is 0 Å². The third-order valence-electron chi connectivity index (χ3n) is 3.64. The Labute approximate surface area is 144 Å². The van der Waals surface area contributed by atoms with Gasteiger partial charge in [0.05, 0.1) is 6.20 Å². The molecular weight excluding hydrogens is 328 g/mol. The molecule has 3 rings (SSSR count). The number of thioether (sulfide) groups is 1. The Hall–Kier alpha value is -2.36. The maximum absolute atomic E-state index is 12.3. The van der Waals surface area contributed by atoms with Crippen molar-refractivity contribution in [2.24, 2.45) is 0 Å². The van der Waals surface area contributed by atoms with Crippen LogP contribution in [0.15, 0.2) is 29.7 Å². The highest BCUT2D eigenvalue weighted by molar-refractivity contribution is 7.99. The maximum Gasteiger partial charge on any atom is 0.317 e. The fraction of sp³-hybridized carbons (Fsp3) is 0.500. The van der Waals surface area contributed by atoms with Gasteiger partial charge in [0.15, 0.2) is 0 Å². The molecule has 1 saturated heterocycles. The van der Waals surface area contributed by atoms with Crippen LogP contribution in [0.1, 0.15) is 6.42 Å². The van der Waals surface area contributed by atoms with E-state index >= 15 is 0 Å². The molecule has 2 N–H and O–H groups in total. The number of anilines is 1. The van der Waals surface area contributed by atoms with Gasteiger partial charge in [-0.15, -0.1) is 16.9 Å². The van der Waals surface area contributed by atoms with Gasteiger partial charge in [-0.1, -0.05) is 0 Å². The third-order valence-corrected chi connectivity index (χ3v) is 4.54. The third kappa shape index (κ3) is 4.57. The van der Waals surface area contributed by atoms with Crippen LogP contribution in [0.4, 0.5) is 10.7 Å². The van der Waals surface area contributed by atoms with Crippen LogP contribution in [0, 0.1) is 0 Å². The van der Waals surface area contributed by atoms with Crippen molar-refractivity contribution in [3.63, 3.8) is 0 Å². The molecule has 3 heterocycles. The summed E-state index contributed by atoms with van der Waals surface area (Å²) < 4.78 is 0. The highest BCUT2D eigenvalue weighted by Gasteiger charge is 2.20. The van der Waals surface area contributed by atoms with Crippen LogP contribution in [0.2, 0.25) is 0 Å². The van der Waals surface area contributed by atoms with E-state index in [0.29, 0.717) is 13.1 Å². The highest BCUT2D eigenvalue weighted by Crippen LogP contribution is 2.12. The molecule has 128 valence electrons. The summed E-state index contributed by atoms with van der Waals surface area (Å²) in [6.45, 7) is 3.60. The van der Waals surface area contributed by atoms with E-state index in [9.17, 15) is 4.79 Å². The number of aromatic nitrogens is 5. The number of carbonyl (C=O) groups excluding carboxylic acids is 1. The van der Waals surface area contributed by atoms with Gasteiger partial charge >= 0.3 is 6.03 Å². The molecule has 10 heteroatoms. The molecule has 0 spiro atoms. The number of hydrogen-bond donors (Lipinski definition) is 2. The van der Waals surface area contributed by atoms with Crippen molar-refractivity contribution < 1.29 is 4.79 Å². The first-order chi connectivity index (χ1) is 11.8. The maximum atomic E-state index is 12.3. The lowest BCUT2D eigenvalue weighted by Gasteiger charge is -2.22. The molecule has 0 bridgehead atoms. The van der Waals surface area contributed by atoms with Gasteiger partial charge in [0, 0.05) is 50.9 Å². The number of carbonyl (C=O) groups is 1. The number of H-pyrrole nitrogens is 1. The standard InChI is InChI=1S/C14H20N8OS/c23-14(17-5-10-24-12-11-18-20-19-12)22-7-2-6-21(8-9-22)13-15-3-1-4-16-13/h1,3-4,11H,2,5-10H2,(H,17,23)(H,18,19,20). The highest BCUT2D eigenvalue weighted by atomic mass is 32.2. The summed E-state index contributed by atoms with van der Waals surface area (Å²) in [6, 6.07) is 1.78. The second kappa shape index (κ2) is 8.48. The number of hydrogen-bond acceptors (Lipinski definition) is 7. The Bertz CT molecular complexity index is 623. The number of amides is 2. The van der Waals surface area contributed by atoms with E-state index in [-0.39, 0.29) is 6.03 Å². The molecule has 0 aromatic carbocycles. The fourth-order valence-electron chi connectivity index (χ4n) is 2.46. The first-order valence-electron chi connectivity index (χ1n) is 7.86. The predicted molar refractivity (Wildman–Crippen MR) is 90.9 cm³/mol. The Kier molecular flexibility index (Phi) is 5.83. The van der Waals surface area contributed by atoms with Crippen molar-refractivity contribution in [1.29, 1.82) is 0 Å². The summed E-state index contributed by atoms with van der Waals surface area (Å²) in [5.74, 6) is 1.49. The molecule has 2 amide bonds. The summed E-state index contributed by atoms with van der Waals surface area (Å²) in [4.78, 5) is 24.8. The van der Waals surface area contributed by atoms with Gasteiger partial charge in [-0.2, -0.15) is 10.3 Å². The van der Waals surface area contributed by atoms with E-state index in [1.807, 2.05) is 4.90 Å². The summed E-state index contributed by atoms with van der Waals surface area (Å²) in [7, 11) is 0. The van der Waals surface area contributed by atoms with Crippen molar-refractivity contribution in [3.8, 4) is 0 Å². The zero-order valence-electron chi connectivity index (χ0n) is 13.3. The zero-order chi connectivity index (χ0) is 16.6. The minimum Gasteiger partial charge on any atom is -0.339 e. The summed E-state index contributed by atoms with van der Waals surface area (Å²) in [5, 5.41) is 14.1. The molecule has 0 saturated carbocycles. The molecule has 0 unspecified atom stereocenters. The van der Waals surface area contributed by atoms with Crippen molar-refractivity contribution >= 4 is 23.7 Å². The molecular formula is C14H20N8OS. The van der Waals surface area contributed by atoms with Crippen LogP contribution in [-0.4, -0.2) is 74.8 Å². The largest absolute Gasteiger partial charge is 0.339 e. The average molecular weight is 348 g/mol. The lowest BCUT2D eigenvalue weighted by molar-refractivity contribution is 0.202. The molecule has 1 fully saturated rings. The first-order valence-corrected chi connectivity index (χ1v) is 8.85. The van der Waals surface area contributed by atoms with Crippen LogP contribution >= 0.6 is 11.8 Å². The van der Waals surface area contributed by atoms with Gasteiger partial charge < -0.3 is 15.1 Å². The number of nitrogens with zero attached hydrogens (tertiary/aromatic N) is 6. The summed E-state index contributed by atoms with van der Waals surface area (Å²) >= 11 is 1.55. The molecule has 2 aromatic rings. The van der Waals surface area contributed by atoms with E-state index in [0.717, 1.165) is 42.8 Å². The second-order valence-corrected chi connectivity index (χ2v) is 6.38. The number of nitrogens with one attached hydrogen (secondary N) is 2. The van der Waals surface area contributed by atoms with E-state index in [4.69, 9.17) is 0 Å². The van der Waals surface area contributed by atoms with Gasteiger partial charge in [0.1, 0.15) is 5.03 Å². The van der Waals surface area contributed by atoms with E-state index in [1.54, 1.807) is 36.4 Å².